The van der Waals surface area contributed by atoms with Crippen molar-refractivity contribution >= 4 is 60.5 Å². The largest absolute Gasteiger partial charge is 0.454 e. The average molecular weight is 668 g/mol. The minimum atomic E-state index is -0.163. The number of para-hydroxylation sites is 3. The summed E-state index contributed by atoms with van der Waals surface area (Å²) in [6.07, 6.45) is 0. The van der Waals surface area contributed by atoms with E-state index in [0.29, 0.717) is 0 Å². The van der Waals surface area contributed by atoms with Crippen molar-refractivity contribution < 1.29 is 4.42 Å². The molecule has 1 heterocycles. The lowest BCUT2D eigenvalue weighted by molar-refractivity contribution is 0.655. The third kappa shape index (κ3) is 3.90. The average Bonchev–Trinajstić information content (AvgIpc) is 3.74. The van der Waals surface area contributed by atoms with Crippen LogP contribution < -0.4 is 4.90 Å². The van der Waals surface area contributed by atoms with E-state index in [1.807, 2.05) is 6.07 Å². The van der Waals surface area contributed by atoms with Gasteiger partial charge in [0.25, 0.3) is 0 Å². The molecule has 52 heavy (non-hydrogen) atoms. The Balaban J connectivity index is 1.08. The van der Waals surface area contributed by atoms with Crippen molar-refractivity contribution in [3.05, 3.63) is 174 Å². The molecule has 9 aromatic rings. The first-order valence-corrected chi connectivity index (χ1v) is 18.3. The van der Waals surface area contributed by atoms with E-state index in [0.717, 1.165) is 39.0 Å². The highest BCUT2D eigenvalue weighted by Gasteiger charge is 2.42. The van der Waals surface area contributed by atoms with Gasteiger partial charge in [0.05, 0.1) is 5.69 Å². The second-order valence-corrected chi connectivity index (χ2v) is 15.8. The lowest BCUT2D eigenvalue weighted by Gasteiger charge is -2.27. The van der Waals surface area contributed by atoms with Crippen LogP contribution in [0, 0.1) is 0 Å². The first kappa shape index (κ1) is 29.6. The molecule has 0 spiro atoms. The predicted molar refractivity (Wildman–Crippen MR) is 219 cm³/mol. The molecule has 0 amide bonds. The Morgan fingerprint density at radius 3 is 1.90 bits per heavy atom. The first-order valence-electron chi connectivity index (χ1n) is 18.3. The molecule has 0 atom stereocenters. The number of nitrogens with zero attached hydrogens (tertiary/aromatic N) is 1. The topological polar surface area (TPSA) is 16.4 Å². The highest BCUT2D eigenvalue weighted by atomic mass is 16.3. The third-order valence-electron chi connectivity index (χ3n) is 12.2. The number of benzene rings is 8. The Kier molecular flexibility index (Phi) is 5.83. The second kappa shape index (κ2) is 10.2. The molecule has 0 unspecified atom stereocenters. The van der Waals surface area contributed by atoms with Gasteiger partial charge >= 0.3 is 0 Å². The van der Waals surface area contributed by atoms with Gasteiger partial charge in [-0.1, -0.05) is 119 Å². The van der Waals surface area contributed by atoms with Crippen LogP contribution in [0.2, 0.25) is 0 Å². The molecule has 11 rings (SSSR count). The minimum Gasteiger partial charge on any atom is -0.454 e. The fourth-order valence-electron chi connectivity index (χ4n) is 9.61. The number of furan rings is 1. The molecule has 1 aromatic heterocycles. The van der Waals surface area contributed by atoms with E-state index in [1.165, 1.54) is 66.1 Å². The maximum Gasteiger partial charge on any atom is 0.159 e. The molecule has 0 saturated heterocycles. The molecule has 2 heteroatoms. The van der Waals surface area contributed by atoms with Crippen molar-refractivity contribution in [3.8, 4) is 22.3 Å². The summed E-state index contributed by atoms with van der Waals surface area (Å²) in [7, 11) is 0. The van der Waals surface area contributed by atoms with E-state index in [4.69, 9.17) is 4.42 Å². The summed E-state index contributed by atoms with van der Waals surface area (Å²) >= 11 is 0. The third-order valence-corrected chi connectivity index (χ3v) is 12.2. The quantitative estimate of drug-likeness (QED) is 0.186. The van der Waals surface area contributed by atoms with E-state index in [9.17, 15) is 0 Å². The van der Waals surface area contributed by atoms with E-state index >= 15 is 0 Å². The van der Waals surface area contributed by atoms with Gasteiger partial charge in [-0.2, -0.15) is 0 Å². The maximum atomic E-state index is 6.57. The van der Waals surface area contributed by atoms with Crippen LogP contribution in [0.3, 0.4) is 0 Å². The van der Waals surface area contributed by atoms with Gasteiger partial charge in [-0.25, -0.2) is 0 Å². The van der Waals surface area contributed by atoms with Gasteiger partial charge in [0, 0.05) is 33.0 Å². The molecule has 2 aliphatic rings. The Hall–Kier alpha value is -6.12. The molecule has 0 aliphatic heterocycles. The molecule has 2 nitrogen and oxygen atoms in total. The Morgan fingerprint density at radius 2 is 1.08 bits per heavy atom. The summed E-state index contributed by atoms with van der Waals surface area (Å²) in [5.74, 6) is 0. The first-order chi connectivity index (χ1) is 25.3. The van der Waals surface area contributed by atoms with Gasteiger partial charge in [0.15, 0.2) is 5.58 Å². The molecule has 0 radical (unpaired) electrons. The lowest BCUT2D eigenvalue weighted by Crippen LogP contribution is -2.17. The van der Waals surface area contributed by atoms with Crippen LogP contribution in [-0.2, 0) is 10.8 Å². The SMILES string of the molecule is CC1(C)c2cc3c(cc2-c2cc4ccccc4cc21)C(C)(C)c1c-3ccc2cc(N(c3ccccc3)c3cccc4c3oc3ccccc34)ccc12. The standard InChI is InChI=1S/C50H37NO/c1-49(2)42-27-31-14-9-8-13-30(31)26-39(42)41-29-44-40(28-43(41)49)37-23-21-32-25-34(22-24-35(32)47(37)50(44,3)4)51(33-15-6-5-7-16-33)45-19-12-18-38-36-17-10-11-20-46(36)52-48(38)45/h5-29H,1-4H3. The summed E-state index contributed by atoms with van der Waals surface area (Å²) in [6.45, 7) is 9.62. The Bertz CT molecular complexity index is 2960. The molecular formula is C50H37NO. The molecule has 0 fully saturated rings. The number of rotatable bonds is 3. The Morgan fingerprint density at radius 1 is 0.423 bits per heavy atom. The number of hydrogen-bond donors (Lipinski definition) is 0. The van der Waals surface area contributed by atoms with Crippen LogP contribution >= 0.6 is 0 Å². The summed E-state index contributed by atoms with van der Waals surface area (Å²) < 4.78 is 6.57. The second-order valence-electron chi connectivity index (χ2n) is 15.8. The van der Waals surface area contributed by atoms with Crippen molar-refractivity contribution in [2.45, 2.75) is 38.5 Å². The maximum absolute atomic E-state index is 6.57. The zero-order valence-electron chi connectivity index (χ0n) is 29.8. The monoisotopic (exact) mass is 667 g/mol. The van der Waals surface area contributed by atoms with E-state index < -0.39 is 0 Å². The number of fused-ring (bicyclic) bond motifs is 12. The van der Waals surface area contributed by atoms with Gasteiger partial charge in [0.1, 0.15) is 5.58 Å². The lowest BCUT2D eigenvalue weighted by atomic mass is 9.78. The van der Waals surface area contributed by atoms with Crippen molar-refractivity contribution in [3.63, 3.8) is 0 Å². The number of anilines is 3. The molecule has 8 aromatic carbocycles. The van der Waals surface area contributed by atoms with Gasteiger partial charge in [-0.3, -0.25) is 0 Å². The molecular weight excluding hydrogens is 631 g/mol. The smallest absolute Gasteiger partial charge is 0.159 e. The molecule has 248 valence electrons. The van der Waals surface area contributed by atoms with Gasteiger partial charge in [-0.05, 0) is 127 Å². The van der Waals surface area contributed by atoms with Crippen LogP contribution in [0.1, 0.15) is 49.9 Å². The number of hydrogen-bond acceptors (Lipinski definition) is 2. The molecule has 0 saturated carbocycles. The van der Waals surface area contributed by atoms with Crippen LogP contribution in [0.15, 0.2) is 156 Å². The van der Waals surface area contributed by atoms with Gasteiger partial charge in [-0.15, -0.1) is 0 Å². The zero-order chi connectivity index (χ0) is 34.9. The van der Waals surface area contributed by atoms with E-state index in [1.54, 1.807) is 0 Å². The molecule has 0 bridgehead atoms. The van der Waals surface area contributed by atoms with E-state index in [-0.39, 0.29) is 10.8 Å². The highest BCUT2D eigenvalue weighted by Crippen LogP contribution is 2.58. The fraction of sp³-hybridized carbons (Fsp3) is 0.120. The molecule has 2 aliphatic carbocycles. The molecule has 0 N–H and O–H groups in total. The van der Waals surface area contributed by atoms with Crippen LogP contribution in [0.5, 0.6) is 0 Å². The predicted octanol–water partition coefficient (Wildman–Crippen LogP) is 14.0. The van der Waals surface area contributed by atoms with E-state index in [2.05, 4.69) is 178 Å². The summed E-state index contributed by atoms with van der Waals surface area (Å²) in [5, 5.41) is 7.41. The van der Waals surface area contributed by atoms with Crippen molar-refractivity contribution in [2.75, 3.05) is 4.90 Å². The summed E-state index contributed by atoms with van der Waals surface area (Å²) in [6, 6.07) is 55.8. The van der Waals surface area contributed by atoms with Crippen LogP contribution in [0.25, 0.3) is 65.7 Å². The van der Waals surface area contributed by atoms with Crippen molar-refractivity contribution in [2.24, 2.45) is 0 Å². The highest BCUT2D eigenvalue weighted by molar-refractivity contribution is 6.11. The summed E-state index contributed by atoms with van der Waals surface area (Å²) in [5.41, 5.74) is 15.9. The van der Waals surface area contributed by atoms with Crippen LogP contribution in [-0.4, -0.2) is 0 Å². The fourth-order valence-corrected chi connectivity index (χ4v) is 9.61. The Labute approximate surface area is 303 Å². The van der Waals surface area contributed by atoms with Gasteiger partial charge < -0.3 is 9.32 Å². The minimum absolute atomic E-state index is 0.0774. The van der Waals surface area contributed by atoms with Gasteiger partial charge in [0.2, 0.25) is 0 Å². The summed E-state index contributed by atoms with van der Waals surface area (Å²) in [4.78, 5) is 2.34. The zero-order valence-corrected chi connectivity index (χ0v) is 29.8. The van der Waals surface area contributed by atoms with Crippen molar-refractivity contribution in [1.29, 1.82) is 0 Å². The normalized spacial score (nSPS) is 14.8. The van der Waals surface area contributed by atoms with Crippen molar-refractivity contribution in [1.82, 2.24) is 0 Å². The van der Waals surface area contributed by atoms with Crippen LogP contribution in [0.4, 0.5) is 17.1 Å².